The van der Waals surface area contributed by atoms with Crippen molar-refractivity contribution in [2.75, 3.05) is 49.1 Å². The van der Waals surface area contributed by atoms with Crippen LogP contribution in [0.5, 0.6) is 0 Å². The highest BCUT2D eigenvalue weighted by molar-refractivity contribution is 6.67. The van der Waals surface area contributed by atoms with Gasteiger partial charge < -0.3 is 20.0 Å². The average molecular weight is 772 g/mol. The lowest BCUT2D eigenvalue weighted by Gasteiger charge is -2.40. The van der Waals surface area contributed by atoms with Gasteiger partial charge in [-0.25, -0.2) is 0 Å². The molecule has 0 bridgehead atoms. The molecular weight excluding hydrogens is 735 g/mol. The first-order chi connectivity index (χ1) is 25.7. The van der Waals surface area contributed by atoms with Crippen LogP contribution in [0, 0.1) is 0 Å². The summed E-state index contributed by atoms with van der Waals surface area (Å²) in [4.78, 5) is 37.8. The molecular formula is C38H37Cl3N10O2. The zero-order valence-corrected chi connectivity index (χ0v) is 31.4. The Balaban J connectivity index is 0.000000153. The molecule has 2 aromatic carbocycles. The average Bonchev–Trinajstić information content (AvgIpc) is 3.19. The number of hydrogen-bond acceptors (Lipinski definition) is 11. The maximum Gasteiger partial charge on any atom is 0.254 e. The summed E-state index contributed by atoms with van der Waals surface area (Å²) in [6, 6.07) is 22.3. The maximum absolute atomic E-state index is 12.8. The van der Waals surface area contributed by atoms with Crippen molar-refractivity contribution in [1.29, 1.82) is 0 Å². The van der Waals surface area contributed by atoms with Crippen molar-refractivity contribution < 1.29 is 9.59 Å². The van der Waals surface area contributed by atoms with Gasteiger partial charge in [-0.1, -0.05) is 71.7 Å². The van der Waals surface area contributed by atoms with Crippen LogP contribution in [0.2, 0.25) is 10.3 Å². The second-order valence-electron chi connectivity index (χ2n) is 12.6. The van der Waals surface area contributed by atoms with E-state index in [1.165, 1.54) is 0 Å². The van der Waals surface area contributed by atoms with E-state index >= 15 is 0 Å². The van der Waals surface area contributed by atoms with Gasteiger partial charge in [0.25, 0.3) is 11.1 Å². The second kappa shape index (κ2) is 17.7. The Kier molecular flexibility index (Phi) is 12.6. The summed E-state index contributed by atoms with van der Waals surface area (Å²) in [5.41, 5.74) is 1.26. The molecule has 1 N–H and O–H groups in total. The number of piperazine rings is 2. The van der Waals surface area contributed by atoms with Crippen molar-refractivity contribution >= 4 is 79.1 Å². The molecule has 0 radical (unpaired) electrons. The Morgan fingerprint density at radius 3 is 1.68 bits per heavy atom. The van der Waals surface area contributed by atoms with E-state index in [-0.39, 0.29) is 11.9 Å². The zero-order chi connectivity index (χ0) is 37.3. The van der Waals surface area contributed by atoms with Crippen LogP contribution in [-0.4, -0.2) is 97.8 Å². The van der Waals surface area contributed by atoms with Crippen LogP contribution in [0.1, 0.15) is 34.6 Å². The number of aromatic nitrogens is 6. The molecule has 15 heteroatoms. The first kappa shape index (κ1) is 37.7. The van der Waals surface area contributed by atoms with Gasteiger partial charge in [-0.3, -0.25) is 19.6 Å². The molecule has 0 unspecified atom stereocenters. The molecule has 2 saturated heterocycles. The van der Waals surface area contributed by atoms with E-state index in [1.807, 2.05) is 53.4 Å². The zero-order valence-electron chi connectivity index (χ0n) is 29.1. The minimum absolute atomic E-state index is 0.0562. The molecule has 0 aliphatic carbocycles. The normalized spacial score (nSPS) is 17.0. The SMILES string of the molecule is C[C@H]1CN(c2nnc(Cl)c3ccncc23)CCN1.C[C@H]1CN(c2nnc(Cl)c3ccncc23)CCN1C(=O)c1ccccc1.O=C(Cl)c1ccccc1. The van der Waals surface area contributed by atoms with Gasteiger partial charge >= 0.3 is 0 Å². The Labute approximate surface area is 322 Å². The minimum Gasteiger partial charge on any atom is -0.352 e. The minimum atomic E-state index is -0.407. The number of rotatable bonds is 4. The first-order valence-corrected chi connectivity index (χ1v) is 18.2. The Bertz CT molecular complexity index is 2180. The van der Waals surface area contributed by atoms with Crippen LogP contribution in [-0.2, 0) is 0 Å². The van der Waals surface area contributed by atoms with E-state index in [0.29, 0.717) is 47.1 Å². The number of halogens is 3. The van der Waals surface area contributed by atoms with E-state index in [2.05, 4.69) is 59.3 Å². The number of carbonyl (C=O) groups excluding carboxylic acids is 2. The molecule has 272 valence electrons. The summed E-state index contributed by atoms with van der Waals surface area (Å²) in [5, 5.41) is 24.0. The van der Waals surface area contributed by atoms with Gasteiger partial charge in [0.1, 0.15) is 0 Å². The van der Waals surface area contributed by atoms with Crippen molar-refractivity contribution in [1.82, 2.24) is 40.6 Å². The molecule has 8 rings (SSSR count). The fourth-order valence-electron chi connectivity index (χ4n) is 6.26. The van der Waals surface area contributed by atoms with Crippen molar-refractivity contribution in [3.8, 4) is 0 Å². The van der Waals surface area contributed by atoms with Gasteiger partial charge in [0, 0.05) is 109 Å². The summed E-state index contributed by atoms with van der Waals surface area (Å²) in [6.45, 7) is 8.99. The summed E-state index contributed by atoms with van der Waals surface area (Å²) < 4.78 is 0. The molecule has 6 aromatic rings. The molecule has 53 heavy (non-hydrogen) atoms. The number of nitrogens with one attached hydrogen (secondary N) is 1. The molecule has 0 saturated carbocycles. The first-order valence-electron chi connectivity index (χ1n) is 17.1. The van der Waals surface area contributed by atoms with Crippen LogP contribution in [0.25, 0.3) is 21.5 Å². The lowest BCUT2D eigenvalue weighted by atomic mass is 10.1. The summed E-state index contributed by atoms with van der Waals surface area (Å²) in [6.07, 6.45) is 6.98. The number of amides is 1. The number of anilines is 2. The molecule has 12 nitrogen and oxygen atoms in total. The lowest BCUT2D eigenvalue weighted by Crippen LogP contribution is -2.54. The Hall–Kier alpha value is -5.01. The third-order valence-electron chi connectivity index (χ3n) is 8.91. The topological polar surface area (TPSA) is 133 Å². The summed E-state index contributed by atoms with van der Waals surface area (Å²) >= 11 is 17.4. The predicted octanol–water partition coefficient (Wildman–Crippen LogP) is 6.57. The van der Waals surface area contributed by atoms with Gasteiger partial charge in [0.05, 0.1) is 0 Å². The highest BCUT2D eigenvalue weighted by Gasteiger charge is 2.30. The highest BCUT2D eigenvalue weighted by Crippen LogP contribution is 2.30. The molecule has 2 aliphatic rings. The van der Waals surface area contributed by atoms with Crippen LogP contribution in [0.4, 0.5) is 11.6 Å². The Morgan fingerprint density at radius 2 is 1.19 bits per heavy atom. The highest BCUT2D eigenvalue weighted by atomic mass is 35.5. The maximum atomic E-state index is 12.8. The number of hydrogen-bond donors (Lipinski definition) is 1. The van der Waals surface area contributed by atoms with Gasteiger partial charge in [-0.05, 0) is 49.7 Å². The van der Waals surface area contributed by atoms with E-state index in [0.717, 1.165) is 52.8 Å². The van der Waals surface area contributed by atoms with E-state index in [9.17, 15) is 9.59 Å². The predicted molar refractivity (Wildman–Crippen MR) is 210 cm³/mol. The monoisotopic (exact) mass is 770 g/mol. The van der Waals surface area contributed by atoms with E-state index in [1.54, 1.807) is 49.1 Å². The number of benzene rings is 2. The number of carbonyl (C=O) groups is 2. The third kappa shape index (κ3) is 9.14. The standard InChI is InChI=1S/C19H18ClN5O.C12H14ClN5.C7H5ClO/c1-13-12-24(9-10-25(13)19(26)14-5-3-2-4-6-14)18-16-11-21-8-7-15(16)17(20)22-23-18;1-8-7-18(5-4-15-8)12-10-6-14-3-2-9(10)11(13)16-17-12;8-7(9)6-4-2-1-3-5-6/h2-8,11,13H,9-10,12H2,1H3;2-3,6,8,15H,4-5,7H2,1H3;1-5H/t13-;8-;/m00./s1. The summed E-state index contributed by atoms with van der Waals surface area (Å²) in [5.74, 6) is 1.69. The Morgan fingerprint density at radius 1 is 0.660 bits per heavy atom. The molecule has 0 spiro atoms. The fraction of sp³-hybridized carbons (Fsp3) is 0.263. The van der Waals surface area contributed by atoms with Crippen molar-refractivity contribution in [2.45, 2.75) is 25.9 Å². The van der Waals surface area contributed by atoms with Crippen LogP contribution in [0.15, 0.2) is 97.6 Å². The van der Waals surface area contributed by atoms with Crippen molar-refractivity contribution in [2.24, 2.45) is 0 Å². The van der Waals surface area contributed by atoms with Gasteiger partial charge in [-0.15, -0.1) is 20.4 Å². The van der Waals surface area contributed by atoms with Crippen molar-refractivity contribution in [3.05, 3.63) is 119 Å². The molecule has 1 amide bonds. The molecule has 2 fully saturated rings. The number of pyridine rings is 2. The van der Waals surface area contributed by atoms with Gasteiger partial charge in [0.2, 0.25) is 0 Å². The van der Waals surface area contributed by atoms with Crippen LogP contribution >= 0.6 is 34.8 Å². The third-order valence-corrected chi connectivity index (χ3v) is 9.69. The van der Waals surface area contributed by atoms with Crippen LogP contribution < -0.4 is 15.1 Å². The van der Waals surface area contributed by atoms with Gasteiger partial charge in [0.15, 0.2) is 21.9 Å². The number of nitrogens with zero attached hydrogens (tertiary/aromatic N) is 9. The van der Waals surface area contributed by atoms with Gasteiger partial charge in [-0.2, -0.15) is 0 Å². The van der Waals surface area contributed by atoms with E-state index in [4.69, 9.17) is 34.8 Å². The lowest BCUT2D eigenvalue weighted by molar-refractivity contribution is 0.0673. The largest absolute Gasteiger partial charge is 0.352 e. The quantitative estimate of drug-likeness (QED) is 0.195. The number of fused-ring (bicyclic) bond motifs is 2. The molecule has 6 heterocycles. The molecule has 4 aromatic heterocycles. The smallest absolute Gasteiger partial charge is 0.254 e. The fourth-order valence-corrected chi connectivity index (χ4v) is 6.79. The van der Waals surface area contributed by atoms with E-state index < -0.39 is 5.24 Å². The van der Waals surface area contributed by atoms with Crippen molar-refractivity contribution in [3.63, 3.8) is 0 Å². The molecule has 2 atom stereocenters. The summed E-state index contributed by atoms with van der Waals surface area (Å²) in [7, 11) is 0. The molecule has 2 aliphatic heterocycles. The second-order valence-corrected chi connectivity index (χ2v) is 13.6. The van der Waals surface area contributed by atoms with Crippen LogP contribution in [0.3, 0.4) is 0 Å².